The number of aromatic nitrogens is 2. The van der Waals surface area contributed by atoms with Gasteiger partial charge in [-0.2, -0.15) is 0 Å². The second-order valence-corrected chi connectivity index (χ2v) is 7.27. The summed E-state index contributed by atoms with van der Waals surface area (Å²) in [6.07, 6.45) is 4.45. The van der Waals surface area contributed by atoms with Gasteiger partial charge in [-0.1, -0.05) is 6.08 Å². The van der Waals surface area contributed by atoms with Crippen molar-refractivity contribution in [2.45, 2.75) is 12.5 Å². The lowest BCUT2D eigenvalue weighted by Gasteiger charge is -2.20. The molecule has 1 atom stereocenters. The summed E-state index contributed by atoms with van der Waals surface area (Å²) in [5.41, 5.74) is 0.918. The minimum atomic E-state index is -0.802. The van der Waals surface area contributed by atoms with Gasteiger partial charge in [0.2, 0.25) is 0 Å². The molecule has 3 aromatic rings. The second kappa shape index (κ2) is 6.73. The van der Waals surface area contributed by atoms with Gasteiger partial charge < -0.3 is 10.2 Å². The molecule has 0 bridgehead atoms. The molecule has 0 saturated carbocycles. The van der Waals surface area contributed by atoms with Gasteiger partial charge >= 0.3 is 0 Å². The third-order valence-electron chi connectivity index (χ3n) is 5.44. The van der Waals surface area contributed by atoms with E-state index in [-0.39, 0.29) is 28.6 Å². The number of nitrogens with one attached hydrogen (secondary N) is 1. The number of pyridine rings is 2. The standard InChI is InChI=1S/C21H17F3N4O/c22-13-3-4-18(15(23)8-13)28-7-5-19(29)14-9-16(24)21(26-20(14)28)27-10-12-2-1-6-25-17(12)11-27/h2-5,7-9,17,25H,1,6,10-11H2. The molecule has 1 unspecified atom stereocenters. The molecule has 1 fully saturated rings. The highest BCUT2D eigenvalue weighted by Gasteiger charge is 2.31. The summed E-state index contributed by atoms with van der Waals surface area (Å²) in [7, 11) is 0. The summed E-state index contributed by atoms with van der Waals surface area (Å²) in [4.78, 5) is 18.5. The van der Waals surface area contributed by atoms with Crippen molar-refractivity contribution in [3.63, 3.8) is 0 Å². The Bertz CT molecular complexity index is 1220. The zero-order valence-electron chi connectivity index (χ0n) is 15.3. The van der Waals surface area contributed by atoms with Crippen LogP contribution in [0.15, 0.2) is 53.0 Å². The van der Waals surface area contributed by atoms with Crippen LogP contribution < -0.4 is 15.6 Å². The predicted octanol–water partition coefficient (Wildman–Crippen LogP) is 2.91. The Morgan fingerprint density at radius 3 is 2.76 bits per heavy atom. The van der Waals surface area contributed by atoms with Crippen molar-refractivity contribution in [3.05, 3.63) is 75.9 Å². The Morgan fingerprint density at radius 1 is 1.10 bits per heavy atom. The third kappa shape index (κ3) is 3.00. The number of hydrogen-bond acceptors (Lipinski definition) is 4. The van der Waals surface area contributed by atoms with Crippen LogP contribution in [0.3, 0.4) is 0 Å². The highest BCUT2D eigenvalue weighted by molar-refractivity contribution is 5.79. The lowest BCUT2D eigenvalue weighted by molar-refractivity contribution is 0.578. The number of rotatable bonds is 2. The number of hydrogen-bond donors (Lipinski definition) is 1. The van der Waals surface area contributed by atoms with Crippen LogP contribution in [0.4, 0.5) is 19.0 Å². The maximum Gasteiger partial charge on any atom is 0.191 e. The summed E-state index contributed by atoms with van der Waals surface area (Å²) in [5, 5.41) is 3.43. The van der Waals surface area contributed by atoms with Crippen molar-refractivity contribution < 1.29 is 13.2 Å². The summed E-state index contributed by atoms with van der Waals surface area (Å²) >= 11 is 0. The van der Waals surface area contributed by atoms with Crippen molar-refractivity contribution >= 4 is 16.9 Å². The summed E-state index contributed by atoms with van der Waals surface area (Å²) in [6.45, 7) is 1.97. The lowest BCUT2D eigenvalue weighted by atomic mass is 10.1. The molecule has 8 heteroatoms. The zero-order valence-corrected chi connectivity index (χ0v) is 15.3. The van der Waals surface area contributed by atoms with Crippen LogP contribution >= 0.6 is 0 Å². The van der Waals surface area contributed by atoms with Gasteiger partial charge in [0.15, 0.2) is 22.7 Å². The van der Waals surface area contributed by atoms with Crippen molar-refractivity contribution in [1.82, 2.24) is 14.9 Å². The Labute approximate surface area is 164 Å². The minimum absolute atomic E-state index is 0.0286. The van der Waals surface area contributed by atoms with E-state index in [1.165, 1.54) is 28.5 Å². The van der Waals surface area contributed by atoms with Crippen LogP contribution in [0.5, 0.6) is 0 Å². The molecule has 148 valence electrons. The van der Waals surface area contributed by atoms with Gasteiger partial charge in [-0.25, -0.2) is 18.2 Å². The third-order valence-corrected chi connectivity index (χ3v) is 5.44. The molecule has 1 saturated heterocycles. The van der Waals surface area contributed by atoms with Crippen LogP contribution in [0.2, 0.25) is 0 Å². The quantitative estimate of drug-likeness (QED) is 0.675. The molecule has 1 N–H and O–H groups in total. The topological polar surface area (TPSA) is 50.2 Å². The number of anilines is 1. The van der Waals surface area contributed by atoms with Gasteiger partial charge in [-0.05, 0) is 36.7 Å². The van der Waals surface area contributed by atoms with Gasteiger partial charge in [-0.3, -0.25) is 9.36 Å². The highest BCUT2D eigenvalue weighted by atomic mass is 19.1. The maximum atomic E-state index is 14.9. The van der Waals surface area contributed by atoms with Crippen molar-refractivity contribution in [2.75, 3.05) is 24.5 Å². The van der Waals surface area contributed by atoms with E-state index in [4.69, 9.17) is 0 Å². The maximum absolute atomic E-state index is 14.9. The van der Waals surface area contributed by atoms with Crippen LogP contribution in [0.1, 0.15) is 6.42 Å². The Morgan fingerprint density at radius 2 is 1.97 bits per heavy atom. The Hall–Kier alpha value is -3.13. The van der Waals surface area contributed by atoms with Gasteiger partial charge in [0.1, 0.15) is 11.6 Å². The molecule has 1 aromatic carbocycles. The fraction of sp³-hybridized carbons (Fsp3) is 0.238. The molecule has 0 radical (unpaired) electrons. The first-order valence-electron chi connectivity index (χ1n) is 9.36. The zero-order chi connectivity index (χ0) is 20.1. The molecule has 2 aromatic heterocycles. The number of benzene rings is 1. The molecule has 5 nitrogen and oxygen atoms in total. The first-order chi connectivity index (χ1) is 14.0. The molecular weight excluding hydrogens is 381 g/mol. The minimum Gasteiger partial charge on any atom is -0.348 e. The SMILES string of the molecule is O=c1ccn(-c2ccc(F)cc2F)c2nc(N3CC4=CCCNC4C3)c(F)cc12. The van der Waals surface area contributed by atoms with Gasteiger partial charge in [-0.15, -0.1) is 0 Å². The van der Waals surface area contributed by atoms with Crippen molar-refractivity contribution in [1.29, 1.82) is 0 Å². The summed E-state index contributed by atoms with van der Waals surface area (Å²) in [5.74, 6) is -2.01. The lowest BCUT2D eigenvalue weighted by Crippen LogP contribution is -2.36. The first kappa shape index (κ1) is 17.9. The van der Waals surface area contributed by atoms with E-state index in [0.29, 0.717) is 13.1 Å². The number of fused-ring (bicyclic) bond motifs is 2. The molecule has 2 aliphatic heterocycles. The van der Waals surface area contributed by atoms with Crippen LogP contribution in [0, 0.1) is 17.5 Å². The van der Waals surface area contributed by atoms with E-state index in [2.05, 4.69) is 16.4 Å². The molecule has 29 heavy (non-hydrogen) atoms. The summed E-state index contributed by atoms with van der Waals surface area (Å²) in [6, 6.07) is 5.64. The molecule has 0 spiro atoms. The van der Waals surface area contributed by atoms with E-state index < -0.39 is 22.9 Å². The Balaban J connectivity index is 1.68. The molecule has 0 aliphatic carbocycles. The van der Waals surface area contributed by atoms with Crippen molar-refractivity contribution in [2.24, 2.45) is 0 Å². The Kier molecular flexibility index (Phi) is 4.16. The van der Waals surface area contributed by atoms with Crippen LogP contribution in [-0.2, 0) is 0 Å². The van der Waals surface area contributed by atoms with Crippen LogP contribution in [0.25, 0.3) is 16.7 Å². The number of halogens is 3. The fourth-order valence-corrected chi connectivity index (χ4v) is 4.04. The fourth-order valence-electron chi connectivity index (χ4n) is 4.04. The van der Waals surface area contributed by atoms with Gasteiger partial charge in [0.25, 0.3) is 0 Å². The van der Waals surface area contributed by atoms with E-state index >= 15 is 0 Å². The smallest absolute Gasteiger partial charge is 0.191 e. The summed E-state index contributed by atoms with van der Waals surface area (Å²) < 4.78 is 43.9. The number of nitrogens with zero attached hydrogens (tertiary/aromatic N) is 3. The van der Waals surface area contributed by atoms with Gasteiger partial charge in [0.05, 0.1) is 11.1 Å². The van der Waals surface area contributed by atoms with Crippen molar-refractivity contribution in [3.8, 4) is 5.69 Å². The largest absolute Gasteiger partial charge is 0.348 e. The highest BCUT2D eigenvalue weighted by Crippen LogP contribution is 2.29. The normalized spacial score (nSPS) is 18.8. The van der Waals surface area contributed by atoms with Gasteiger partial charge in [0, 0.05) is 37.5 Å². The molecule has 2 aliphatic rings. The average molecular weight is 398 g/mol. The average Bonchev–Trinajstić information content (AvgIpc) is 3.13. The van der Waals surface area contributed by atoms with Crippen LogP contribution in [-0.4, -0.2) is 35.2 Å². The first-order valence-corrected chi connectivity index (χ1v) is 9.36. The second-order valence-electron chi connectivity index (χ2n) is 7.27. The molecule has 5 rings (SSSR count). The van der Waals surface area contributed by atoms with E-state index in [9.17, 15) is 18.0 Å². The molecule has 0 amide bonds. The molecular formula is C21H17F3N4O. The van der Waals surface area contributed by atoms with E-state index in [0.717, 1.165) is 31.2 Å². The van der Waals surface area contributed by atoms with E-state index in [1.807, 2.05) is 4.90 Å². The molecule has 4 heterocycles. The van der Waals surface area contributed by atoms with E-state index in [1.54, 1.807) is 0 Å². The monoisotopic (exact) mass is 398 g/mol. The predicted molar refractivity (Wildman–Crippen MR) is 104 cm³/mol.